The molecule has 28 heavy (non-hydrogen) atoms. The molecule has 10 heteroatoms. The Morgan fingerprint density at radius 3 is 2.29 bits per heavy atom. The van der Waals surface area contributed by atoms with E-state index in [1.165, 1.54) is 6.92 Å². The fraction of sp³-hybridized carbons (Fsp3) is 0.444. The van der Waals surface area contributed by atoms with Gasteiger partial charge in [0.2, 0.25) is 0 Å². The number of rotatable bonds is 7. The van der Waals surface area contributed by atoms with Gasteiger partial charge in [-0.3, -0.25) is 19.3 Å². The van der Waals surface area contributed by atoms with Crippen molar-refractivity contribution in [1.29, 1.82) is 0 Å². The first-order valence-corrected chi connectivity index (χ1v) is 8.73. The Morgan fingerprint density at radius 2 is 1.79 bits per heavy atom. The summed E-state index contributed by atoms with van der Waals surface area (Å²) >= 11 is 0. The number of anilines is 1. The number of urea groups is 1. The molecule has 1 aliphatic rings. The van der Waals surface area contributed by atoms with Crippen molar-refractivity contribution in [2.24, 2.45) is 0 Å². The SMILES string of the molecule is CCC1(CC)NC(=O)N(CC(=O)O[C@H](C)C(=O)Nc2c(F)cccc2F)C1=O. The number of amides is 4. The van der Waals surface area contributed by atoms with Gasteiger partial charge in [0, 0.05) is 0 Å². The van der Waals surface area contributed by atoms with Crippen molar-refractivity contribution in [1.82, 2.24) is 10.2 Å². The lowest BCUT2D eigenvalue weighted by molar-refractivity contribution is -0.155. The van der Waals surface area contributed by atoms with E-state index in [1.807, 2.05) is 5.32 Å². The van der Waals surface area contributed by atoms with E-state index < -0.39 is 59.3 Å². The third-order valence-corrected chi connectivity index (χ3v) is 4.63. The Kier molecular flexibility index (Phi) is 6.32. The molecule has 0 aromatic heterocycles. The molecule has 1 fully saturated rings. The number of carbonyl (C=O) groups excluding carboxylic acids is 4. The van der Waals surface area contributed by atoms with Gasteiger partial charge in [-0.1, -0.05) is 19.9 Å². The summed E-state index contributed by atoms with van der Waals surface area (Å²) in [5.41, 5.74) is -1.73. The van der Waals surface area contributed by atoms with Crippen LogP contribution in [0.2, 0.25) is 0 Å². The van der Waals surface area contributed by atoms with Crippen molar-refractivity contribution in [2.45, 2.75) is 45.3 Å². The largest absolute Gasteiger partial charge is 0.451 e. The maximum atomic E-state index is 13.6. The first kappa shape index (κ1) is 21.3. The lowest BCUT2D eigenvalue weighted by Crippen LogP contribution is -2.46. The third kappa shape index (κ3) is 4.10. The maximum Gasteiger partial charge on any atom is 0.327 e. The molecule has 1 aromatic carbocycles. The molecule has 0 unspecified atom stereocenters. The summed E-state index contributed by atoms with van der Waals surface area (Å²) in [5.74, 6) is -4.50. The van der Waals surface area contributed by atoms with E-state index in [4.69, 9.17) is 4.74 Å². The molecule has 1 heterocycles. The summed E-state index contributed by atoms with van der Waals surface area (Å²) in [5, 5.41) is 4.56. The molecule has 0 saturated carbocycles. The fourth-order valence-corrected chi connectivity index (χ4v) is 2.81. The standard InChI is InChI=1S/C18H21F2N3O5/c1-4-18(5-2)16(26)23(17(27)22-18)9-13(24)28-10(3)15(25)21-14-11(19)7-6-8-12(14)20/h6-8,10H,4-5,9H2,1-3H3,(H,21,25)(H,22,27)/t10-/m1/s1. The highest BCUT2D eigenvalue weighted by atomic mass is 19.1. The van der Waals surface area contributed by atoms with Gasteiger partial charge in [0.25, 0.3) is 11.8 Å². The molecule has 1 saturated heterocycles. The summed E-state index contributed by atoms with van der Waals surface area (Å²) in [6.07, 6.45) is -0.700. The van der Waals surface area contributed by atoms with Crippen LogP contribution in [-0.2, 0) is 19.1 Å². The minimum absolute atomic E-state index is 0.354. The minimum Gasteiger partial charge on any atom is -0.451 e. The minimum atomic E-state index is -1.41. The predicted octanol–water partition coefficient (Wildman–Crippen LogP) is 1.95. The molecule has 4 amide bonds. The number of nitrogens with zero attached hydrogens (tertiary/aromatic N) is 1. The fourth-order valence-electron chi connectivity index (χ4n) is 2.81. The van der Waals surface area contributed by atoms with Gasteiger partial charge < -0.3 is 15.4 Å². The van der Waals surface area contributed by atoms with Gasteiger partial charge in [0.05, 0.1) is 0 Å². The lowest BCUT2D eigenvalue weighted by Gasteiger charge is -2.23. The Balaban J connectivity index is 1.98. The van der Waals surface area contributed by atoms with Crippen LogP contribution in [0.4, 0.5) is 19.3 Å². The van der Waals surface area contributed by atoms with Gasteiger partial charge >= 0.3 is 12.0 Å². The summed E-state index contributed by atoms with van der Waals surface area (Å²) in [7, 11) is 0. The molecule has 0 aliphatic carbocycles. The Hall–Kier alpha value is -3.04. The van der Waals surface area contributed by atoms with Crippen LogP contribution in [0.3, 0.4) is 0 Å². The number of carbonyl (C=O) groups is 4. The second kappa shape index (κ2) is 8.32. The summed E-state index contributed by atoms with van der Waals surface area (Å²) in [6, 6.07) is 2.33. The van der Waals surface area contributed by atoms with Crippen molar-refractivity contribution in [3.05, 3.63) is 29.8 Å². The van der Waals surface area contributed by atoms with Crippen LogP contribution in [0, 0.1) is 11.6 Å². The molecular weight excluding hydrogens is 376 g/mol. The van der Waals surface area contributed by atoms with Crippen molar-refractivity contribution in [3.8, 4) is 0 Å². The molecule has 1 atom stereocenters. The molecule has 152 valence electrons. The van der Waals surface area contributed by atoms with E-state index in [1.54, 1.807) is 13.8 Å². The van der Waals surface area contributed by atoms with Gasteiger partial charge in [0.1, 0.15) is 29.4 Å². The maximum absolute atomic E-state index is 13.6. The Morgan fingerprint density at radius 1 is 1.21 bits per heavy atom. The van der Waals surface area contributed by atoms with Crippen LogP contribution >= 0.6 is 0 Å². The van der Waals surface area contributed by atoms with Gasteiger partial charge in [-0.25, -0.2) is 13.6 Å². The second-order valence-corrected chi connectivity index (χ2v) is 6.33. The molecule has 2 rings (SSSR count). The summed E-state index contributed by atoms with van der Waals surface area (Å²) in [6.45, 7) is 3.98. The second-order valence-electron chi connectivity index (χ2n) is 6.33. The van der Waals surface area contributed by atoms with Crippen LogP contribution in [-0.4, -0.2) is 46.9 Å². The number of halogens is 2. The van der Waals surface area contributed by atoms with Crippen LogP contribution < -0.4 is 10.6 Å². The van der Waals surface area contributed by atoms with E-state index in [-0.39, 0.29) is 0 Å². The number of ether oxygens (including phenoxy) is 1. The number of imide groups is 1. The highest BCUT2D eigenvalue weighted by Crippen LogP contribution is 2.25. The molecule has 8 nitrogen and oxygen atoms in total. The first-order valence-electron chi connectivity index (χ1n) is 8.73. The van der Waals surface area contributed by atoms with Crippen molar-refractivity contribution >= 4 is 29.5 Å². The zero-order valence-corrected chi connectivity index (χ0v) is 15.7. The Bertz CT molecular complexity index is 790. The van der Waals surface area contributed by atoms with Crippen molar-refractivity contribution < 1.29 is 32.7 Å². The number of esters is 1. The van der Waals surface area contributed by atoms with E-state index in [9.17, 15) is 28.0 Å². The number of hydrogen-bond acceptors (Lipinski definition) is 5. The number of nitrogens with one attached hydrogen (secondary N) is 2. The van der Waals surface area contributed by atoms with Crippen LogP contribution in [0.1, 0.15) is 33.6 Å². The topological polar surface area (TPSA) is 105 Å². The van der Waals surface area contributed by atoms with Crippen LogP contribution in [0.5, 0.6) is 0 Å². The van der Waals surface area contributed by atoms with E-state index in [2.05, 4.69) is 5.32 Å². The summed E-state index contributed by atoms with van der Waals surface area (Å²) < 4.78 is 32.1. The predicted molar refractivity (Wildman–Crippen MR) is 94.1 cm³/mol. The zero-order chi connectivity index (χ0) is 21.1. The lowest BCUT2D eigenvalue weighted by atomic mass is 9.93. The van der Waals surface area contributed by atoms with E-state index in [0.29, 0.717) is 12.8 Å². The zero-order valence-electron chi connectivity index (χ0n) is 15.7. The smallest absolute Gasteiger partial charge is 0.327 e. The molecule has 2 N–H and O–H groups in total. The number of benzene rings is 1. The first-order chi connectivity index (χ1) is 13.1. The van der Waals surface area contributed by atoms with Gasteiger partial charge in [0.15, 0.2) is 6.10 Å². The highest BCUT2D eigenvalue weighted by Gasteiger charge is 2.49. The van der Waals surface area contributed by atoms with Gasteiger partial charge in [-0.15, -0.1) is 0 Å². The number of hydrogen-bond donors (Lipinski definition) is 2. The van der Waals surface area contributed by atoms with E-state index in [0.717, 1.165) is 23.1 Å². The van der Waals surface area contributed by atoms with Crippen molar-refractivity contribution in [3.63, 3.8) is 0 Å². The molecule has 0 radical (unpaired) electrons. The molecule has 0 bridgehead atoms. The average Bonchev–Trinajstić information content (AvgIpc) is 2.89. The number of para-hydroxylation sites is 1. The van der Waals surface area contributed by atoms with Crippen LogP contribution in [0.25, 0.3) is 0 Å². The quantitative estimate of drug-likeness (QED) is 0.541. The van der Waals surface area contributed by atoms with E-state index >= 15 is 0 Å². The van der Waals surface area contributed by atoms with Crippen molar-refractivity contribution in [2.75, 3.05) is 11.9 Å². The molecule has 0 spiro atoms. The monoisotopic (exact) mass is 397 g/mol. The third-order valence-electron chi connectivity index (χ3n) is 4.63. The molecular formula is C18H21F2N3O5. The Labute approximate surface area is 160 Å². The highest BCUT2D eigenvalue weighted by molar-refractivity contribution is 6.08. The van der Waals surface area contributed by atoms with Gasteiger partial charge in [-0.05, 0) is 31.9 Å². The normalized spacial score (nSPS) is 16.5. The summed E-state index contributed by atoms with van der Waals surface area (Å²) in [4.78, 5) is 49.3. The van der Waals surface area contributed by atoms with Crippen LogP contribution in [0.15, 0.2) is 18.2 Å². The molecule has 1 aliphatic heterocycles. The molecule has 1 aromatic rings. The average molecular weight is 397 g/mol. The van der Waals surface area contributed by atoms with Gasteiger partial charge in [-0.2, -0.15) is 0 Å².